The second-order valence-electron chi connectivity index (χ2n) is 7.04. The van der Waals surface area contributed by atoms with Crippen molar-refractivity contribution in [2.24, 2.45) is 0 Å². The first-order chi connectivity index (χ1) is 13.7. The van der Waals surface area contributed by atoms with Crippen LogP contribution >= 0.6 is 23.2 Å². The monoisotopic (exact) mass is 455 g/mol. The third-order valence-corrected chi connectivity index (χ3v) is 6.37. The van der Waals surface area contributed by atoms with E-state index in [0.717, 1.165) is 30.2 Å². The van der Waals surface area contributed by atoms with Crippen LogP contribution in [-0.2, 0) is 21.4 Å². The molecule has 29 heavy (non-hydrogen) atoms. The van der Waals surface area contributed by atoms with E-state index in [1.807, 2.05) is 18.2 Å². The van der Waals surface area contributed by atoms with Gasteiger partial charge in [-0.05, 0) is 23.8 Å². The fraction of sp³-hybridized carbons (Fsp3) is 0.350. The molecule has 2 aromatic rings. The van der Waals surface area contributed by atoms with Gasteiger partial charge in [-0.3, -0.25) is 14.0 Å². The maximum Gasteiger partial charge on any atom is 0.243 e. The molecule has 0 unspecified atom stereocenters. The Morgan fingerprint density at radius 3 is 2.14 bits per heavy atom. The molecule has 0 bridgehead atoms. The predicted molar refractivity (Wildman–Crippen MR) is 117 cm³/mol. The molecule has 0 aromatic heterocycles. The van der Waals surface area contributed by atoms with Crippen LogP contribution in [0.2, 0.25) is 10.0 Å². The summed E-state index contributed by atoms with van der Waals surface area (Å²) in [6, 6.07) is 14.7. The van der Waals surface area contributed by atoms with Gasteiger partial charge in [0.1, 0.15) is 6.54 Å². The molecule has 2 aromatic carbocycles. The van der Waals surface area contributed by atoms with Gasteiger partial charge in [-0.15, -0.1) is 0 Å². The average molecular weight is 456 g/mol. The van der Waals surface area contributed by atoms with Gasteiger partial charge in [0.05, 0.1) is 11.9 Å². The van der Waals surface area contributed by atoms with Crippen LogP contribution in [0.4, 0.5) is 5.69 Å². The lowest BCUT2D eigenvalue weighted by atomic mass is 10.2. The van der Waals surface area contributed by atoms with Gasteiger partial charge in [-0.25, -0.2) is 8.42 Å². The first kappa shape index (κ1) is 21.9. The number of nitrogens with zero attached hydrogens (tertiary/aromatic N) is 3. The summed E-state index contributed by atoms with van der Waals surface area (Å²) in [5.74, 6) is -0.245. The molecular weight excluding hydrogens is 433 g/mol. The molecule has 9 heteroatoms. The number of piperazine rings is 1. The molecule has 1 fully saturated rings. The van der Waals surface area contributed by atoms with Crippen LogP contribution in [0.25, 0.3) is 0 Å². The minimum absolute atomic E-state index is 0.245. The largest absolute Gasteiger partial charge is 0.339 e. The first-order valence-electron chi connectivity index (χ1n) is 9.20. The Morgan fingerprint density at radius 1 is 1.00 bits per heavy atom. The minimum Gasteiger partial charge on any atom is -0.339 e. The van der Waals surface area contributed by atoms with E-state index in [4.69, 9.17) is 23.2 Å². The molecule has 0 saturated carbocycles. The van der Waals surface area contributed by atoms with Crippen molar-refractivity contribution in [3.05, 3.63) is 64.1 Å². The van der Waals surface area contributed by atoms with Gasteiger partial charge < -0.3 is 4.90 Å². The van der Waals surface area contributed by atoms with Crippen LogP contribution in [-0.4, -0.2) is 63.1 Å². The summed E-state index contributed by atoms with van der Waals surface area (Å²) in [6.45, 7) is 3.14. The highest BCUT2D eigenvalue weighted by Crippen LogP contribution is 2.27. The van der Waals surface area contributed by atoms with Gasteiger partial charge in [0.25, 0.3) is 0 Å². The Morgan fingerprint density at radius 2 is 1.59 bits per heavy atom. The van der Waals surface area contributed by atoms with E-state index in [2.05, 4.69) is 17.0 Å². The molecule has 1 amide bonds. The van der Waals surface area contributed by atoms with E-state index in [-0.39, 0.29) is 18.1 Å². The topological polar surface area (TPSA) is 60.9 Å². The Bertz CT molecular complexity index is 942. The van der Waals surface area contributed by atoms with Crippen LogP contribution in [0.3, 0.4) is 0 Å². The van der Waals surface area contributed by atoms with Crippen molar-refractivity contribution in [3.63, 3.8) is 0 Å². The summed E-state index contributed by atoms with van der Waals surface area (Å²) in [7, 11) is -3.68. The Kier molecular flexibility index (Phi) is 7.05. The van der Waals surface area contributed by atoms with Crippen molar-refractivity contribution in [2.45, 2.75) is 6.54 Å². The van der Waals surface area contributed by atoms with Crippen LogP contribution in [0, 0.1) is 0 Å². The number of halogens is 2. The Labute approximate surface area is 181 Å². The first-order valence-corrected chi connectivity index (χ1v) is 11.8. The molecule has 0 N–H and O–H groups in total. The fourth-order valence-electron chi connectivity index (χ4n) is 3.30. The lowest BCUT2D eigenvalue weighted by Crippen LogP contribution is -2.51. The van der Waals surface area contributed by atoms with Crippen LogP contribution in [0.15, 0.2) is 48.5 Å². The molecule has 0 radical (unpaired) electrons. The van der Waals surface area contributed by atoms with Gasteiger partial charge in [0, 0.05) is 42.8 Å². The van der Waals surface area contributed by atoms with Crippen molar-refractivity contribution in [1.82, 2.24) is 9.80 Å². The molecule has 0 aliphatic carbocycles. The van der Waals surface area contributed by atoms with Crippen molar-refractivity contribution < 1.29 is 13.2 Å². The van der Waals surface area contributed by atoms with Crippen LogP contribution < -0.4 is 4.31 Å². The summed E-state index contributed by atoms with van der Waals surface area (Å²) in [4.78, 5) is 16.8. The highest BCUT2D eigenvalue weighted by Gasteiger charge is 2.27. The minimum atomic E-state index is -3.68. The number of carbonyl (C=O) groups excluding carboxylic acids is 1. The maximum absolute atomic E-state index is 12.8. The van der Waals surface area contributed by atoms with Gasteiger partial charge in [0.15, 0.2) is 0 Å². The quantitative estimate of drug-likeness (QED) is 0.671. The van der Waals surface area contributed by atoms with Crippen molar-refractivity contribution in [1.29, 1.82) is 0 Å². The zero-order valence-corrected chi connectivity index (χ0v) is 18.4. The van der Waals surface area contributed by atoms with E-state index >= 15 is 0 Å². The summed E-state index contributed by atoms with van der Waals surface area (Å²) in [5.41, 5.74) is 1.51. The second kappa shape index (κ2) is 9.34. The summed E-state index contributed by atoms with van der Waals surface area (Å²) in [6.07, 6.45) is 1.06. The van der Waals surface area contributed by atoms with Crippen molar-refractivity contribution >= 4 is 44.8 Å². The number of rotatable bonds is 6. The van der Waals surface area contributed by atoms with Crippen LogP contribution in [0.1, 0.15) is 5.56 Å². The average Bonchev–Trinajstić information content (AvgIpc) is 2.65. The number of hydrogen-bond acceptors (Lipinski definition) is 4. The Hall–Kier alpha value is -1.80. The SMILES string of the molecule is CS(=O)(=O)N(CC(=O)N1CCN(Cc2ccccc2)CC1)c1cc(Cl)cc(Cl)c1. The normalized spacial score (nSPS) is 15.3. The van der Waals surface area contributed by atoms with E-state index in [1.54, 1.807) is 4.90 Å². The molecular formula is C20H23Cl2N3O3S. The van der Waals surface area contributed by atoms with Gasteiger partial charge >= 0.3 is 0 Å². The molecule has 0 atom stereocenters. The van der Waals surface area contributed by atoms with Crippen LogP contribution in [0.5, 0.6) is 0 Å². The molecule has 156 valence electrons. The Balaban J connectivity index is 1.63. The molecule has 1 saturated heterocycles. The zero-order valence-electron chi connectivity index (χ0n) is 16.1. The molecule has 3 rings (SSSR count). The lowest BCUT2D eigenvalue weighted by molar-refractivity contribution is -0.131. The molecule has 0 spiro atoms. The molecule has 1 aliphatic heterocycles. The number of benzene rings is 2. The molecule has 1 aliphatic rings. The lowest BCUT2D eigenvalue weighted by Gasteiger charge is -2.35. The zero-order chi connectivity index (χ0) is 21.0. The maximum atomic E-state index is 12.8. The number of amides is 1. The van der Waals surface area contributed by atoms with E-state index in [9.17, 15) is 13.2 Å². The standard InChI is InChI=1S/C20H23Cl2N3O3S/c1-29(27,28)25(19-12-17(21)11-18(22)13-19)15-20(26)24-9-7-23(8-10-24)14-16-5-3-2-4-6-16/h2-6,11-13H,7-10,14-15H2,1H3. The number of carbonyl (C=O) groups is 1. The smallest absolute Gasteiger partial charge is 0.243 e. The highest BCUT2D eigenvalue weighted by atomic mass is 35.5. The molecule has 1 heterocycles. The number of hydrogen-bond donors (Lipinski definition) is 0. The van der Waals surface area contributed by atoms with E-state index < -0.39 is 10.0 Å². The third kappa shape index (κ3) is 6.09. The summed E-state index contributed by atoms with van der Waals surface area (Å²) >= 11 is 12.0. The van der Waals surface area contributed by atoms with Crippen molar-refractivity contribution in [3.8, 4) is 0 Å². The van der Waals surface area contributed by atoms with E-state index in [0.29, 0.717) is 23.1 Å². The molecule has 6 nitrogen and oxygen atoms in total. The second-order valence-corrected chi connectivity index (χ2v) is 9.82. The van der Waals surface area contributed by atoms with Crippen molar-refractivity contribution in [2.75, 3.05) is 43.3 Å². The number of sulfonamides is 1. The third-order valence-electron chi connectivity index (χ3n) is 4.79. The highest BCUT2D eigenvalue weighted by molar-refractivity contribution is 7.92. The van der Waals surface area contributed by atoms with Gasteiger partial charge in [-0.1, -0.05) is 53.5 Å². The van der Waals surface area contributed by atoms with E-state index in [1.165, 1.54) is 23.8 Å². The summed E-state index contributed by atoms with van der Waals surface area (Å²) < 4.78 is 25.6. The predicted octanol–water partition coefficient (Wildman–Crippen LogP) is 3.10. The van der Waals surface area contributed by atoms with Gasteiger partial charge in [-0.2, -0.15) is 0 Å². The summed E-state index contributed by atoms with van der Waals surface area (Å²) in [5, 5.41) is 0.617. The number of anilines is 1. The fourth-order valence-corrected chi connectivity index (χ4v) is 4.65. The van der Waals surface area contributed by atoms with Gasteiger partial charge in [0.2, 0.25) is 15.9 Å².